The van der Waals surface area contributed by atoms with Gasteiger partial charge in [0.15, 0.2) is 11.5 Å². The van der Waals surface area contributed by atoms with Crippen LogP contribution >= 0.6 is 0 Å². The normalized spacial score (nSPS) is 14.2. The Morgan fingerprint density at radius 3 is 2.50 bits per heavy atom. The summed E-state index contributed by atoms with van der Waals surface area (Å²) < 4.78 is 11.2. The maximum atomic E-state index is 13.1. The highest BCUT2D eigenvalue weighted by Crippen LogP contribution is 2.28. The molecule has 3 heterocycles. The van der Waals surface area contributed by atoms with Crippen molar-refractivity contribution in [1.82, 2.24) is 15.2 Å². The molecule has 5 rings (SSSR count). The molecule has 0 unspecified atom stereocenters. The summed E-state index contributed by atoms with van der Waals surface area (Å²) >= 11 is 0. The maximum Gasteiger partial charge on any atom is 0.289 e. The molecule has 1 aliphatic rings. The number of carbonyl (C=O) groups excluding carboxylic acids is 2. The molecule has 0 bridgehead atoms. The van der Waals surface area contributed by atoms with E-state index in [1.807, 2.05) is 49.4 Å². The van der Waals surface area contributed by atoms with Crippen LogP contribution in [0.15, 0.2) is 82.0 Å². The molecule has 0 aliphatic carbocycles. The summed E-state index contributed by atoms with van der Waals surface area (Å²) in [5.74, 6) is 1.10. The van der Waals surface area contributed by atoms with Gasteiger partial charge in [0, 0.05) is 30.3 Å². The van der Waals surface area contributed by atoms with Crippen molar-refractivity contribution in [2.75, 3.05) is 13.1 Å². The minimum absolute atomic E-state index is 0.0195. The molecule has 1 aliphatic heterocycles. The van der Waals surface area contributed by atoms with E-state index in [-0.39, 0.29) is 17.9 Å². The maximum absolute atomic E-state index is 13.1. The van der Waals surface area contributed by atoms with Crippen LogP contribution in [-0.2, 0) is 0 Å². The largest absolute Gasteiger partial charge is 0.459 e. The van der Waals surface area contributed by atoms with Crippen LogP contribution in [-0.4, -0.2) is 40.8 Å². The second-order valence-electron chi connectivity index (χ2n) is 8.46. The fraction of sp³-hybridized carbons (Fsp3) is 0.222. The summed E-state index contributed by atoms with van der Waals surface area (Å²) in [6, 6.07) is 18.7. The molecule has 1 fully saturated rings. The molecule has 2 amide bonds. The Labute approximate surface area is 197 Å². The predicted octanol–water partition coefficient (Wildman–Crippen LogP) is 4.94. The van der Waals surface area contributed by atoms with Gasteiger partial charge in [-0.2, -0.15) is 0 Å². The fourth-order valence-corrected chi connectivity index (χ4v) is 4.16. The Morgan fingerprint density at radius 1 is 1.00 bits per heavy atom. The van der Waals surface area contributed by atoms with Crippen LogP contribution in [0.25, 0.3) is 22.8 Å². The van der Waals surface area contributed by atoms with Gasteiger partial charge in [-0.1, -0.05) is 42.0 Å². The first kappa shape index (κ1) is 21.7. The highest BCUT2D eigenvalue weighted by molar-refractivity contribution is 6.00. The zero-order valence-corrected chi connectivity index (χ0v) is 18.9. The minimum atomic E-state index is -0.179. The molecule has 0 spiro atoms. The van der Waals surface area contributed by atoms with Crippen LogP contribution in [0.5, 0.6) is 0 Å². The molecule has 34 heavy (non-hydrogen) atoms. The van der Waals surface area contributed by atoms with Gasteiger partial charge in [0.1, 0.15) is 0 Å². The molecular formula is C27H25N3O4. The Kier molecular flexibility index (Phi) is 5.99. The van der Waals surface area contributed by atoms with E-state index < -0.39 is 0 Å². The zero-order valence-electron chi connectivity index (χ0n) is 18.9. The van der Waals surface area contributed by atoms with E-state index in [0.29, 0.717) is 54.5 Å². The van der Waals surface area contributed by atoms with Gasteiger partial charge in [0.05, 0.1) is 18.0 Å². The molecule has 4 aromatic rings. The van der Waals surface area contributed by atoms with E-state index >= 15 is 0 Å². The number of carbonyl (C=O) groups is 2. The first-order valence-corrected chi connectivity index (χ1v) is 11.3. The molecule has 2 aromatic carbocycles. The topological polar surface area (TPSA) is 88.6 Å². The summed E-state index contributed by atoms with van der Waals surface area (Å²) in [5.41, 5.74) is 3.25. The average molecular weight is 456 g/mol. The highest BCUT2D eigenvalue weighted by Gasteiger charge is 2.27. The van der Waals surface area contributed by atoms with Crippen LogP contribution < -0.4 is 5.32 Å². The number of nitrogens with one attached hydrogen (secondary N) is 1. The summed E-state index contributed by atoms with van der Waals surface area (Å²) in [4.78, 5) is 31.8. The number of hydrogen-bond donors (Lipinski definition) is 1. The monoisotopic (exact) mass is 455 g/mol. The van der Waals surface area contributed by atoms with E-state index in [1.54, 1.807) is 29.3 Å². The molecule has 7 heteroatoms. The quantitative estimate of drug-likeness (QED) is 0.460. The minimum Gasteiger partial charge on any atom is -0.459 e. The van der Waals surface area contributed by atoms with Crippen LogP contribution in [0.1, 0.15) is 39.3 Å². The standard InChI is InChI=1S/C27H25N3O4/c1-18-8-10-19(11-9-18)24-17-28-26(34-24)22-6-3-2-5-21(22)25(31)29-20-12-14-30(15-13-20)27(32)23-7-4-16-33-23/h2-11,16-17,20H,12-15H2,1H3,(H,29,31). The third-order valence-corrected chi connectivity index (χ3v) is 6.09. The third kappa shape index (κ3) is 4.50. The lowest BCUT2D eigenvalue weighted by atomic mass is 10.0. The van der Waals surface area contributed by atoms with Crippen LogP contribution in [0, 0.1) is 6.92 Å². The van der Waals surface area contributed by atoms with Gasteiger partial charge < -0.3 is 19.1 Å². The predicted molar refractivity (Wildman–Crippen MR) is 127 cm³/mol. The number of aryl methyl sites for hydroxylation is 1. The number of aromatic nitrogens is 1. The number of rotatable bonds is 5. The molecule has 7 nitrogen and oxygen atoms in total. The average Bonchev–Trinajstić information content (AvgIpc) is 3.57. The van der Waals surface area contributed by atoms with Gasteiger partial charge in [0.25, 0.3) is 11.8 Å². The van der Waals surface area contributed by atoms with Crippen molar-refractivity contribution < 1.29 is 18.4 Å². The van der Waals surface area contributed by atoms with Crippen LogP contribution in [0.2, 0.25) is 0 Å². The number of piperidine rings is 1. The van der Waals surface area contributed by atoms with E-state index in [2.05, 4.69) is 10.3 Å². The van der Waals surface area contributed by atoms with Crippen molar-refractivity contribution in [3.05, 3.63) is 90.0 Å². The second kappa shape index (κ2) is 9.39. The summed E-state index contributed by atoms with van der Waals surface area (Å²) in [5, 5.41) is 3.11. The lowest BCUT2D eigenvalue weighted by Crippen LogP contribution is -2.46. The third-order valence-electron chi connectivity index (χ3n) is 6.09. The SMILES string of the molecule is Cc1ccc(-c2cnc(-c3ccccc3C(=O)NC3CCN(C(=O)c4ccco4)CC3)o2)cc1. The van der Waals surface area contributed by atoms with Crippen LogP contribution in [0.4, 0.5) is 0 Å². The van der Waals surface area contributed by atoms with Gasteiger partial charge in [-0.25, -0.2) is 4.98 Å². The molecule has 0 radical (unpaired) electrons. The Morgan fingerprint density at radius 2 is 1.76 bits per heavy atom. The Hall–Kier alpha value is -4.13. The number of oxazole rings is 1. The second-order valence-corrected chi connectivity index (χ2v) is 8.46. The molecule has 0 atom stereocenters. The molecule has 2 aromatic heterocycles. The Balaban J connectivity index is 1.26. The van der Waals surface area contributed by atoms with E-state index in [9.17, 15) is 9.59 Å². The lowest BCUT2D eigenvalue weighted by molar-refractivity contribution is 0.0667. The van der Waals surface area contributed by atoms with Crippen LogP contribution in [0.3, 0.4) is 0 Å². The van der Waals surface area contributed by atoms with Crippen molar-refractivity contribution in [2.45, 2.75) is 25.8 Å². The van der Waals surface area contributed by atoms with E-state index in [1.165, 1.54) is 11.8 Å². The number of nitrogens with zero attached hydrogens (tertiary/aromatic N) is 2. The van der Waals surface area contributed by atoms with Crippen molar-refractivity contribution in [1.29, 1.82) is 0 Å². The number of likely N-dealkylation sites (tertiary alicyclic amines) is 1. The van der Waals surface area contributed by atoms with Crippen molar-refractivity contribution in [3.63, 3.8) is 0 Å². The van der Waals surface area contributed by atoms with Crippen molar-refractivity contribution in [2.24, 2.45) is 0 Å². The summed E-state index contributed by atoms with van der Waals surface area (Å²) in [7, 11) is 0. The first-order valence-electron chi connectivity index (χ1n) is 11.3. The smallest absolute Gasteiger partial charge is 0.289 e. The van der Waals surface area contributed by atoms with E-state index in [4.69, 9.17) is 8.83 Å². The molecular weight excluding hydrogens is 430 g/mol. The zero-order chi connectivity index (χ0) is 23.5. The Bertz CT molecular complexity index is 1280. The lowest BCUT2D eigenvalue weighted by Gasteiger charge is -2.32. The molecule has 172 valence electrons. The van der Waals surface area contributed by atoms with Crippen molar-refractivity contribution in [3.8, 4) is 22.8 Å². The van der Waals surface area contributed by atoms with Crippen molar-refractivity contribution >= 4 is 11.8 Å². The number of benzene rings is 2. The summed E-state index contributed by atoms with van der Waals surface area (Å²) in [6.45, 7) is 3.16. The van der Waals surface area contributed by atoms with Gasteiger partial charge in [-0.15, -0.1) is 0 Å². The number of amides is 2. The van der Waals surface area contributed by atoms with E-state index in [0.717, 1.165) is 5.56 Å². The highest BCUT2D eigenvalue weighted by atomic mass is 16.4. The summed E-state index contributed by atoms with van der Waals surface area (Å²) in [6.07, 6.45) is 4.53. The van der Waals surface area contributed by atoms with Gasteiger partial charge in [-0.05, 0) is 44.0 Å². The molecule has 1 N–H and O–H groups in total. The molecule has 1 saturated heterocycles. The number of furan rings is 1. The fourth-order valence-electron chi connectivity index (χ4n) is 4.16. The van der Waals surface area contributed by atoms with Gasteiger partial charge >= 0.3 is 0 Å². The molecule has 0 saturated carbocycles. The first-order chi connectivity index (χ1) is 16.6. The van der Waals surface area contributed by atoms with Gasteiger partial charge in [0.2, 0.25) is 5.89 Å². The van der Waals surface area contributed by atoms with Gasteiger partial charge in [-0.3, -0.25) is 9.59 Å². The number of hydrogen-bond acceptors (Lipinski definition) is 5.